The van der Waals surface area contributed by atoms with E-state index in [1.165, 1.54) is 0 Å². The second-order valence-corrected chi connectivity index (χ2v) is 4.47. The molecule has 0 spiro atoms. The quantitative estimate of drug-likeness (QED) is 0.756. The van der Waals surface area contributed by atoms with Gasteiger partial charge in [0.15, 0.2) is 0 Å². The number of carbonyl (C=O) groups excluding carboxylic acids is 1. The number of hydrogen-bond donors (Lipinski definition) is 2. The van der Waals surface area contributed by atoms with Crippen molar-refractivity contribution in [1.82, 2.24) is 10.2 Å². The van der Waals surface area contributed by atoms with Gasteiger partial charge in [-0.15, -0.1) is 0 Å². The van der Waals surface area contributed by atoms with Crippen LogP contribution in [0.2, 0.25) is 0 Å². The zero-order valence-corrected chi connectivity index (χ0v) is 10.3. The highest BCUT2D eigenvalue weighted by molar-refractivity contribution is 5.75. The normalized spacial score (nSPS) is 20.4. The first-order valence-electron chi connectivity index (χ1n) is 5.87. The van der Waals surface area contributed by atoms with Crippen molar-refractivity contribution in [3.8, 4) is 0 Å². The molecule has 2 amide bonds. The summed E-state index contributed by atoms with van der Waals surface area (Å²) in [5.74, 6) is -0.544. The molecule has 0 radical (unpaired) electrons. The van der Waals surface area contributed by atoms with Gasteiger partial charge in [-0.2, -0.15) is 0 Å². The lowest BCUT2D eigenvalue weighted by Crippen LogP contribution is -2.51. The van der Waals surface area contributed by atoms with Crippen LogP contribution in [0.15, 0.2) is 0 Å². The molecule has 0 saturated carbocycles. The predicted octanol–water partition coefficient (Wildman–Crippen LogP) is 0.527. The first kappa shape index (κ1) is 13.8. The minimum atomic E-state index is -0.910. The average molecular weight is 244 g/mol. The highest BCUT2D eigenvalue weighted by Crippen LogP contribution is 2.13. The molecule has 0 aromatic carbocycles. The lowest BCUT2D eigenvalue weighted by Gasteiger charge is -2.34. The van der Waals surface area contributed by atoms with Crippen molar-refractivity contribution >= 4 is 12.0 Å². The van der Waals surface area contributed by atoms with Crippen LogP contribution < -0.4 is 5.32 Å². The predicted molar refractivity (Wildman–Crippen MR) is 61.8 cm³/mol. The molecule has 17 heavy (non-hydrogen) atoms. The topological polar surface area (TPSA) is 78.9 Å². The molecule has 6 heteroatoms. The van der Waals surface area contributed by atoms with Crippen LogP contribution in [-0.4, -0.2) is 54.4 Å². The molecule has 1 aliphatic heterocycles. The summed E-state index contributed by atoms with van der Waals surface area (Å²) >= 11 is 0. The van der Waals surface area contributed by atoms with Gasteiger partial charge >= 0.3 is 12.0 Å². The largest absolute Gasteiger partial charge is 0.481 e. The second-order valence-electron chi connectivity index (χ2n) is 4.47. The summed E-state index contributed by atoms with van der Waals surface area (Å²) in [4.78, 5) is 23.7. The van der Waals surface area contributed by atoms with Crippen LogP contribution >= 0.6 is 0 Å². The van der Waals surface area contributed by atoms with Crippen LogP contribution in [-0.2, 0) is 9.53 Å². The third-order valence-corrected chi connectivity index (χ3v) is 2.74. The van der Waals surface area contributed by atoms with E-state index in [2.05, 4.69) is 19.2 Å². The molecule has 1 unspecified atom stereocenters. The van der Waals surface area contributed by atoms with Crippen molar-refractivity contribution < 1.29 is 19.4 Å². The Labute approximate surface area is 101 Å². The smallest absolute Gasteiger partial charge is 0.317 e. The summed E-state index contributed by atoms with van der Waals surface area (Å²) in [6.07, 6.45) is 0.0120. The summed E-state index contributed by atoms with van der Waals surface area (Å²) < 4.78 is 5.55. The molecule has 1 atom stereocenters. The Morgan fingerprint density at radius 1 is 1.53 bits per heavy atom. The van der Waals surface area contributed by atoms with Crippen molar-refractivity contribution in [2.45, 2.75) is 26.4 Å². The molecule has 1 aliphatic rings. The summed E-state index contributed by atoms with van der Waals surface area (Å²) in [5, 5.41) is 11.1. The van der Waals surface area contributed by atoms with E-state index in [1.807, 2.05) is 0 Å². The molecule has 6 nitrogen and oxygen atoms in total. The van der Waals surface area contributed by atoms with Gasteiger partial charge in [0.05, 0.1) is 19.1 Å². The fraction of sp³-hybridized carbons (Fsp3) is 0.818. The first-order valence-corrected chi connectivity index (χ1v) is 5.87. The van der Waals surface area contributed by atoms with Gasteiger partial charge in [0.2, 0.25) is 0 Å². The number of carbonyl (C=O) groups is 2. The van der Waals surface area contributed by atoms with E-state index in [4.69, 9.17) is 9.84 Å². The third-order valence-electron chi connectivity index (χ3n) is 2.74. The summed E-state index contributed by atoms with van der Waals surface area (Å²) in [6, 6.07) is -0.208. The van der Waals surface area contributed by atoms with Crippen LogP contribution in [0.5, 0.6) is 0 Å². The Hall–Kier alpha value is -1.30. The van der Waals surface area contributed by atoms with Gasteiger partial charge in [-0.1, -0.05) is 13.8 Å². The lowest BCUT2D eigenvalue weighted by molar-refractivity contribution is -0.136. The Kier molecular flexibility index (Phi) is 5.21. The standard InChI is InChI=1S/C11H20N2O4/c1-8(2)9-7-13(5-6-17-9)11(16)12-4-3-10(14)15/h8-9H,3-7H2,1-2H3,(H,12,16)(H,14,15). The van der Waals surface area contributed by atoms with Crippen LogP contribution in [0.1, 0.15) is 20.3 Å². The Morgan fingerprint density at radius 2 is 2.24 bits per heavy atom. The molecule has 1 rings (SSSR count). The number of rotatable bonds is 4. The number of amides is 2. The zero-order chi connectivity index (χ0) is 12.8. The average Bonchev–Trinajstić information content (AvgIpc) is 2.28. The number of aliphatic carboxylic acids is 1. The van der Waals surface area contributed by atoms with Crippen molar-refractivity contribution in [3.63, 3.8) is 0 Å². The number of ether oxygens (including phenoxy) is 1. The molecule has 0 aromatic heterocycles. The Balaban J connectivity index is 2.33. The van der Waals surface area contributed by atoms with Crippen LogP contribution in [0.3, 0.4) is 0 Å². The second kappa shape index (κ2) is 6.44. The number of hydrogen-bond acceptors (Lipinski definition) is 3. The van der Waals surface area contributed by atoms with Gasteiger partial charge < -0.3 is 20.1 Å². The molecule has 1 heterocycles. The molecule has 2 N–H and O–H groups in total. The first-order chi connectivity index (χ1) is 8.00. The zero-order valence-electron chi connectivity index (χ0n) is 10.3. The molecule has 1 saturated heterocycles. The minimum Gasteiger partial charge on any atom is -0.481 e. The van der Waals surface area contributed by atoms with Crippen molar-refractivity contribution in [3.05, 3.63) is 0 Å². The van der Waals surface area contributed by atoms with Crippen molar-refractivity contribution in [1.29, 1.82) is 0 Å². The van der Waals surface area contributed by atoms with Crippen molar-refractivity contribution in [2.24, 2.45) is 5.92 Å². The Morgan fingerprint density at radius 3 is 2.82 bits per heavy atom. The van der Waals surface area contributed by atoms with Crippen molar-refractivity contribution in [2.75, 3.05) is 26.2 Å². The number of urea groups is 1. The van der Waals surface area contributed by atoms with E-state index >= 15 is 0 Å². The van der Waals surface area contributed by atoms with Crippen LogP contribution in [0.4, 0.5) is 4.79 Å². The van der Waals surface area contributed by atoms with E-state index in [9.17, 15) is 9.59 Å². The molecule has 98 valence electrons. The van der Waals surface area contributed by atoms with Gasteiger partial charge in [0.1, 0.15) is 0 Å². The number of carboxylic acids is 1. The maximum absolute atomic E-state index is 11.7. The molecule has 1 fully saturated rings. The van der Waals surface area contributed by atoms with Gasteiger partial charge in [-0.3, -0.25) is 4.79 Å². The van der Waals surface area contributed by atoms with E-state index in [0.29, 0.717) is 25.6 Å². The maximum Gasteiger partial charge on any atom is 0.317 e. The van der Waals surface area contributed by atoms with E-state index < -0.39 is 5.97 Å². The maximum atomic E-state index is 11.7. The highest BCUT2D eigenvalue weighted by Gasteiger charge is 2.25. The van der Waals surface area contributed by atoms with E-state index in [-0.39, 0.29) is 25.1 Å². The number of carboxylic acid groups (broad SMARTS) is 1. The summed E-state index contributed by atoms with van der Waals surface area (Å²) in [5.41, 5.74) is 0. The molecule has 0 aromatic rings. The van der Waals surface area contributed by atoms with E-state index in [1.54, 1.807) is 4.90 Å². The fourth-order valence-corrected chi connectivity index (χ4v) is 1.65. The lowest BCUT2D eigenvalue weighted by atomic mass is 10.1. The molecular formula is C11H20N2O4. The Bertz CT molecular complexity index is 281. The SMILES string of the molecule is CC(C)C1CN(C(=O)NCCC(=O)O)CCO1. The van der Waals surface area contributed by atoms with E-state index in [0.717, 1.165) is 0 Å². The van der Waals surface area contributed by atoms with Crippen LogP contribution in [0, 0.1) is 5.92 Å². The fourth-order valence-electron chi connectivity index (χ4n) is 1.65. The number of nitrogens with zero attached hydrogens (tertiary/aromatic N) is 1. The van der Waals surface area contributed by atoms with Gasteiger partial charge in [0.25, 0.3) is 0 Å². The number of nitrogens with one attached hydrogen (secondary N) is 1. The monoisotopic (exact) mass is 244 g/mol. The molecular weight excluding hydrogens is 224 g/mol. The summed E-state index contributed by atoms with van der Waals surface area (Å²) in [6.45, 7) is 5.93. The van der Waals surface area contributed by atoms with Gasteiger partial charge in [-0.25, -0.2) is 4.79 Å². The van der Waals surface area contributed by atoms with Gasteiger partial charge in [0, 0.05) is 19.6 Å². The third kappa shape index (κ3) is 4.60. The van der Waals surface area contributed by atoms with Gasteiger partial charge in [-0.05, 0) is 5.92 Å². The molecule has 0 aliphatic carbocycles. The van der Waals surface area contributed by atoms with Crippen LogP contribution in [0.25, 0.3) is 0 Å². The minimum absolute atomic E-state index is 0.0519. The summed E-state index contributed by atoms with van der Waals surface area (Å²) in [7, 11) is 0. The number of morpholine rings is 1. The highest BCUT2D eigenvalue weighted by atomic mass is 16.5. The molecule has 0 bridgehead atoms.